The molecule has 3 rings (SSSR count). The molecule has 0 radical (unpaired) electrons. The molecule has 3 aromatic rings. The number of aromatic hydroxyl groups is 1. The molecule has 0 aliphatic carbocycles. The number of fused-ring (bicyclic) bond motifs is 1. The van der Waals surface area contributed by atoms with Crippen LogP contribution >= 0.6 is 15.9 Å². The van der Waals surface area contributed by atoms with Gasteiger partial charge in [0.1, 0.15) is 16.9 Å². The number of para-hydroxylation sites is 1. The minimum Gasteiger partial charge on any atom is -0.508 e. The average Bonchev–Trinajstić information content (AvgIpc) is 2.55. The highest BCUT2D eigenvalue weighted by atomic mass is 79.9. The van der Waals surface area contributed by atoms with E-state index >= 15 is 0 Å². The fraction of sp³-hybridized carbons (Fsp3) is 0. The van der Waals surface area contributed by atoms with Crippen LogP contribution in [0.4, 0.5) is 5.69 Å². The molecule has 0 aliphatic rings. The fourth-order valence-corrected chi connectivity index (χ4v) is 2.48. The number of hydrogen-bond donors (Lipinski definition) is 3. The van der Waals surface area contributed by atoms with Gasteiger partial charge in [-0.1, -0.05) is 12.1 Å². The molecule has 6 nitrogen and oxygen atoms in total. The fourth-order valence-electron chi connectivity index (χ4n) is 2.10. The second kappa shape index (κ2) is 6.13. The normalized spacial score (nSPS) is 11.6. The van der Waals surface area contributed by atoms with Crippen LogP contribution in [0.2, 0.25) is 0 Å². The number of anilines is 1. The third kappa shape index (κ3) is 3.04. The van der Waals surface area contributed by atoms with E-state index in [-0.39, 0.29) is 16.9 Å². The van der Waals surface area contributed by atoms with E-state index in [0.29, 0.717) is 16.7 Å². The summed E-state index contributed by atoms with van der Waals surface area (Å²) >= 11 is 3.34. The molecule has 7 heteroatoms. The van der Waals surface area contributed by atoms with Crippen LogP contribution in [0, 0.1) is 0 Å². The average molecular weight is 375 g/mol. The Labute approximate surface area is 138 Å². The molecule has 0 aliphatic heterocycles. The second-order valence-electron chi connectivity index (χ2n) is 4.72. The molecule has 0 fully saturated rings. The zero-order valence-electron chi connectivity index (χ0n) is 11.7. The predicted molar refractivity (Wildman–Crippen MR) is 87.3 cm³/mol. The molecular formula is C16H11BrN2O4. The van der Waals surface area contributed by atoms with Gasteiger partial charge in [0.2, 0.25) is 0 Å². The molecule has 0 saturated heterocycles. The van der Waals surface area contributed by atoms with Gasteiger partial charge in [0.15, 0.2) is 0 Å². The van der Waals surface area contributed by atoms with Crippen molar-refractivity contribution in [2.24, 2.45) is 5.16 Å². The van der Waals surface area contributed by atoms with Gasteiger partial charge in [0, 0.05) is 15.9 Å². The molecule has 0 atom stereocenters. The van der Waals surface area contributed by atoms with E-state index in [9.17, 15) is 9.90 Å². The predicted octanol–water partition coefficient (Wildman–Crippen LogP) is 3.44. The molecule has 2 aromatic carbocycles. The Kier molecular flexibility index (Phi) is 4.03. The number of hydrogen-bond acceptors (Lipinski definition) is 5. The zero-order chi connectivity index (χ0) is 16.4. The Balaban J connectivity index is 2.06. The highest BCUT2D eigenvalue weighted by Crippen LogP contribution is 2.23. The van der Waals surface area contributed by atoms with Gasteiger partial charge in [0.25, 0.3) is 11.5 Å². The lowest BCUT2D eigenvalue weighted by Gasteiger charge is -2.08. The topological polar surface area (TPSA) is 95.1 Å². The van der Waals surface area contributed by atoms with Crippen molar-refractivity contribution in [3.8, 4) is 5.75 Å². The maximum Gasteiger partial charge on any atom is 0.268 e. The molecule has 1 aromatic heterocycles. The highest BCUT2D eigenvalue weighted by Gasteiger charge is 2.14. The van der Waals surface area contributed by atoms with Gasteiger partial charge in [-0.15, -0.1) is 0 Å². The van der Waals surface area contributed by atoms with Gasteiger partial charge in [-0.3, -0.25) is 4.79 Å². The van der Waals surface area contributed by atoms with Crippen LogP contribution in [-0.4, -0.2) is 16.2 Å². The Morgan fingerprint density at radius 3 is 2.70 bits per heavy atom. The maximum absolute atomic E-state index is 12.4. The van der Waals surface area contributed by atoms with Crippen molar-refractivity contribution in [1.82, 2.24) is 0 Å². The molecule has 0 saturated carbocycles. The van der Waals surface area contributed by atoms with E-state index < -0.39 is 5.91 Å². The molecule has 1 amide bonds. The first-order chi connectivity index (χ1) is 11.1. The smallest absolute Gasteiger partial charge is 0.268 e. The summed E-state index contributed by atoms with van der Waals surface area (Å²) in [5, 5.41) is 24.9. The van der Waals surface area contributed by atoms with Crippen molar-refractivity contribution in [3.05, 3.63) is 64.1 Å². The van der Waals surface area contributed by atoms with Gasteiger partial charge in [-0.25, -0.2) is 0 Å². The largest absolute Gasteiger partial charge is 0.508 e. The molecule has 23 heavy (non-hydrogen) atoms. The number of amides is 1. The summed E-state index contributed by atoms with van der Waals surface area (Å²) in [7, 11) is 0. The van der Waals surface area contributed by atoms with Crippen LogP contribution in [0.5, 0.6) is 5.75 Å². The summed E-state index contributed by atoms with van der Waals surface area (Å²) < 4.78 is 6.08. The summed E-state index contributed by atoms with van der Waals surface area (Å²) in [4.78, 5) is 12.4. The Hall–Kier alpha value is -2.80. The maximum atomic E-state index is 12.4. The summed E-state index contributed by atoms with van der Waals surface area (Å²) in [5.41, 5.74) is 0.705. The van der Waals surface area contributed by atoms with Gasteiger partial charge in [-0.2, -0.15) is 0 Å². The van der Waals surface area contributed by atoms with Crippen molar-refractivity contribution in [3.63, 3.8) is 0 Å². The third-order valence-corrected chi connectivity index (χ3v) is 3.88. The molecule has 0 unspecified atom stereocenters. The number of phenols is 1. The Morgan fingerprint density at radius 1 is 1.17 bits per heavy atom. The Bertz CT molecular complexity index is 966. The molecule has 1 heterocycles. The van der Waals surface area contributed by atoms with E-state index in [1.165, 1.54) is 18.2 Å². The van der Waals surface area contributed by atoms with E-state index in [1.54, 1.807) is 24.3 Å². The van der Waals surface area contributed by atoms with E-state index in [4.69, 9.17) is 9.62 Å². The number of phenolic OH excluding ortho intramolecular Hbond substituents is 1. The summed E-state index contributed by atoms with van der Waals surface area (Å²) in [6.45, 7) is 0. The summed E-state index contributed by atoms with van der Waals surface area (Å²) in [5.74, 6) is -0.473. The van der Waals surface area contributed by atoms with Gasteiger partial charge in [-0.05, 0) is 51.4 Å². The SMILES string of the molecule is O=C(Nc1ccccc1Br)c1cc2ccc(O)cc2o/c1=N/O. The number of nitrogens with zero attached hydrogens (tertiary/aromatic N) is 1. The van der Waals surface area contributed by atoms with E-state index in [0.717, 1.165) is 4.47 Å². The third-order valence-electron chi connectivity index (χ3n) is 3.19. The van der Waals surface area contributed by atoms with Gasteiger partial charge < -0.3 is 20.0 Å². The van der Waals surface area contributed by atoms with Gasteiger partial charge in [0.05, 0.1) is 5.69 Å². The number of halogens is 1. The van der Waals surface area contributed by atoms with Crippen LogP contribution in [-0.2, 0) is 0 Å². The monoisotopic (exact) mass is 374 g/mol. The first kappa shape index (κ1) is 15.1. The van der Waals surface area contributed by atoms with Crippen LogP contribution in [0.25, 0.3) is 11.0 Å². The molecule has 116 valence electrons. The lowest BCUT2D eigenvalue weighted by atomic mass is 10.1. The number of benzene rings is 2. The summed E-state index contributed by atoms with van der Waals surface area (Å²) in [6.07, 6.45) is 0. The standard InChI is InChI=1S/C16H11BrN2O4/c17-12-3-1-2-4-13(12)18-15(21)11-7-9-5-6-10(20)8-14(9)23-16(11)19-22/h1-8,20,22H,(H,18,21)/b19-16+. The number of carbonyl (C=O) groups excluding carboxylic acids is 1. The number of carbonyl (C=O) groups is 1. The highest BCUT2D eigenvalue weighted by molar-refractivity contribution is 9.10. The van der Waals surface area contributed by atoms with Crippen LogP contribution < -0.4 is 10.9 Å². The summed E-state index contributed by atoms with van der Waals surface area (Å²) in [6, 6.07) is 13.1. The number of nitrogens with one attached hydrogen (secondary N) is 1. The molecule has 0 bridgehead atoms. The lowest BCUT2D eigenvalue weighted by molar-refractivity contribution is 0.102. The molecule has 3 N–H and O–H groups in total. The van der Waals surface area contributed by atoms with Crippen molar-refractivity contribution < 1.29 is 19.5 Å². The zero-order valence-corrected chi connectivity index (χ0v) is 13.2. The van der Waals surface area contributed by atoms with Crippen molar-refractivity contribution in [2.45, 2.75) is 0 Å². The second-order valence-corrected chi connectivity index (χ2v) is 5.58. The first-order valence-electron chi connectivity index (χ1n) is 6.59. The van der Waals surface area contributed by atoms with Crippen molar-refractivity contribution >= 4 is 38.5 Å². The number of rotatable bonds is 2. The Morgan fingerprint density at radius 2 is 1.96 bits per heavy atom. The molecule has 0 spiro atoms. The van der Waals surface area contributed by atoms with E-state index in [1.807, 2.05) is 6.07 Å². The minimum absolute atomic E-state index is 0.00978. The first-order valence-corrected chi connectivity index (χ1v) is 7.38. The quantitative estimate of drug-likeness (QED) is 0.472. The van der Waals surface area contributed by atoms with Gasteiger partial charge >= 0.3 is 0 Å². The van der Waals surface area contributed by atoms with Crippen molar-refractivity contribution in [1.29, 1.82) is 0 Å². The van der Waals surface area contributed by atoms with Crippen LogP contribution in [0.3, 0.4) is 0 Å². The minimum atomic E-state index is -0.483. The molecular weight excluding hydrogens is 364 g/mol. The van der Waals surface area contributed by atoms with Crippen molar-refractivity contribution in [2.75, 3.05) is 5.32 Å². The lowest BCUT2D eigenvalue weighted by Crippen LogP contribution is -2.21. The van der Waals surface area contributed by atoms with E-state index in [2.05, 4.69) is 26.4 Å². The van der Waals surface area contributed by atoms with Crippen LogP contribution in [0.1, 0.15) is 10.4 Å². The van der Waals surface area contributed by atoms with Crippen LogP contribution in [0.15, 0.2) is 62.6 Å².